The molecule has 7 heteroatoms. The van der Waals surface area contributed by atoms with Gasteiger partial charge in [-0.25, -0.2) is 4.79 Å². The zero-order valence-corrected chi connectivity index (χ0v) is 5.04. The fourth-order valence-corrected chi connectivity index (χ4v) is 0.314. The van der Waals surface area contributed by atoms with Gasteiger partial charge in [0.2, 0.25) is 0 Å². The summed E-state index contributed by atoms with van der Waals surface area (Å²) >= 11 is 0. The van der Waals surface area contributed by atoms with E-state index in [9.17, 15) is 18.0 Å². The van der Waals surface area contributed by atoms with Crippen LogP contribution in [0.3, 0.4) is 0 Å². The van der Waals surface area contributed by atoms with Gasteiger partial charge in [0.1, 0.15) is 0 Å². The number of aliphatic carboxylic acids is 1. The standard InChI is InChI=1S/C4H5F3O4/c5-4(6,7)2(9)1(8)3(10)11/h1-2,8-9H,(H,10,11)/t1-,2-/m1/s1. The van der Waals surface area contributed by atoms with Gasteiger partial charge in [0.25, 0.3) is 0 Å². The predicted molar refractivity (Wildman–Crippen MR) is 25.7 cm³/mol. The predicted octanol–water partition coefficient (Wildman–Crippen LogP) is -0.645. The van der Waals surface area contributed by atoms with E-state index >= 15 is 0 Å². The number of hydrogen-bond donors (Lipinski definition) is 3. The summed E-state index contributed by atoms with van der Waals surface area (Å²) in [5.41, 5.74) is 0. The lowest BCUT2D eigenvalue weighted by molar-refractivity contribution is -0.232. The highest BCUT2D eigenvalue weighted by atomic mass is 19.4. The molecule has 11 heavy (non-hydrogen) atoms. The largest absolute Gasteiger partial charge is 0.479 e. The average molecular weight is 174 g/mol. The molecule has 0 aliphatic carbocycles. The maximum Gasteiger partial charge on any atom is 0.417 e. The molecule has 0 unspecified atom stereocenters. The number of aliphatic hydroxyl groups is 2. The Hall–Kier alpha value is -0.820. The molecule has 4 nitrogen and oxygen atoms in total. The van der Waals surface area contributed by atoms with Crippen molar-refractivity contribution in [2.75, 3.05) is 0 Å². The average Bonchev–Trinajstić information content (AvgIpc) is 1.82. The van der Waals surface area contributed by atoms with E-state index in [1.165, 1.54) is 0 Å². The molecular formula is C4H5F3O4. The number of carboxylic acid groups (broad SMARTS) is 1. The monoisotopic (exact) mass is 174 g/mol. The summed E-state index contributed by atoms with van der Waals surface area (Å²) in [6.45, 7) is 0. The van der Waals surface area contributed by atoms with Crippen LogP contribution in [0.25, 0.3) is 0 Å². The van der Waals surface area contributed by atoms with Crippen molar-refractivity contribution in [3.05, 3.63) is 0 Å². The molecule has 0 rings (SSSR count). The van der Waals surface area contributed by atoms with Crippen molar-refractivity contribution in [2.24, 2.45) is 0 Å². The molecule has 66 valence electrons. The number of hydrogen-bond acceptors (Lipinski definition) is 3. The number of halogens is 3. The highest BCUT2D eigenvalue weighted by Crippen LogP contribution is 2.22. The van der Waals surface area contributed by atoms with Crippen LogP contribution in [0.2, 0.25) is 0 Å². The van der Waals surface area contributed by atoms with Crippen LogP contribution in [-0.2, 0) is 4.79 Å². The molecular weight excluding hydrogens is 169 g/mol. The summed E-state index contributed by atoms with van der Waals surface area (Å²) in [7, 11) is 0. The third-order valence-corrected chi connectivity index (χ3v) is 0.887. The number of aliphatic hydroxyl groups excluding tert-OH is 2. The molecule has 0 amide bonds. The Kier molecular flexibility index (Phi) is 2.83. The summed E-state index contributed by atoms with van der Waals surface area (Å²) < 4.78 is 34.2. The molecule has 0 bridgehead atoms. The lowest BCUT2D eigenvalue weighted by Gasteiger charge is -2.16. The number of rotatable bonds is 2. The van der Waals surface area contributed by atoms with E-state index in [0.29, 0.717) is 0 Å². The second kappa shape index (κ2) is 3.05. The lowest BCUT2D eigenvalue weighted by atomic mass is 10.2. The Labute approximate surface area is 58.9 Å². The van der Waals surface area contributed by atoms with E-state index < -0.39 is 24.4 Å². The van der Waals surface area contributed by atoms with Crippen LogP contribution in [-0.4, -0.2) is 39.7 Å². The number of alkyl halides is 3. The van der Waals surface area contributed by atoms with E-state index in [4.69, 9.17) is 15.3 Å². The minimum absolute atomic E-state index is 2.12. The third-order valence-electron chi connectivity index (χ3n) is 0.887. The molecule has 0 saturated heterocycles. The first-order valence-electron chi connectivity index (χ1n) is 2.42. The van der Waals surface area contributed by atoms with Crippen molar-refractivity contribution in [3.8, 4) is 0 Å². The van der Waals surface area contributed by atoms with Crippen molar-refractivity contribution in [2.45, 2.75) is 18.4 Å². The summed E-state index contributed by atoms with van der Waals surface area (Å²) in [6.07, 6.45) is -11.2. The smallest absolute Gasteiger partial charge is 0.417 e. The molecule has 0 radical (unpaired) electrons. The van der Waals surface area contributed by atoms with Crippen molar-refractivity contribution < 1.29 is 33.3 Å². The molecule has 0 saturated carbocycles. The van der Waals surface area contributed by atoms with Gasteiger partial charge in [-0.15, -0.1) is 0 Å². The first-order chi connectivity index (χ1) is 4.76. The quantitative estimate of drug-likeness (QED) is 0.520. The third kappa shape index (κ3) is 2.72. The maximum atomic E-state index is 11.4. The summed E-state index contributed by atoms with van der Waals surface area (Å²) in [6, 6.07) is 0. The molecule has 0 fully saturated rings. The summed E-state index contributed by atoms with van der Waals surface area (Å²) in [5, 5.41) is 24.0. The fourth-order valence-electron chi connectivity index (χ4n) is 0.314. The Bertz CT molecular complexity index is 154. The minimum atomic E-state index is -5.11. The Balaban J connectivity index is 4.25. The zero-order valence-electron chi connectivity index (χ0n) is 5.04. The fraction of sp³-hybridized carbons (Fsp3) is 0.750. The SMILES string of the molecule is O=C(O)[C@H](O)[C@@H](O)C(F)(F)F. The second-order valence-electron chi connectivity index (χ2n) is 1.77. The van der Waals surface area contributed by atoms with Gasteiger partial charge >= 0.3 is 12.1 Å². The molecule has 3 N–H and O–H groups in total. The minimum Gasteiger partial charge on any atom is -0.479 e. The number of carboxylic acids is 1. The first kappa shape index (κ1) is 10.2. The maximum absolute atomic E-state index is 11.4. The Morgan fingerprint density at radius 1 is 1.27 bits per heavy atom. The Morgan fingerprint density at radius 2 is 1.64 bits per heavy atom. The van der Waals surface area contributed by atoms with Gasteiger partial charge in [0, 0.05) is 0 Å². The van der Waals surface area contributed by atoms with Crippen molar-refractivity contribution in [3.63, 3.8) is 0 Å². The lowest BCUT2D eigenvalue weighted by Crippen LogP contribution is -2.44. The van der Waals surface area contributed by atoms with E-state index in [2.05, 4.69) is 0 Å². The van der Waals surface area contributed by atoms with Crippen LogP contribution in [0.15, 0.2) is 0 Å². The zero-order chi connectivity index (χ0) is 9.23. The second-order valence-corrected chi connectivity index (χ2v) is 1.77. The van der Waals surface area contributed by atoms with Gasteiger partial charge < -0.3 is 15.3 Å². The van der Waals surface area contributed by atoms with E-state index in [1.54, 1.807) is 0 Å². The molecule has 0 aliphatic heterocycles. The van der Waals surface area contributed by atoms with Crippen molar-refractivity contribution in [1.29, 1.82) is 0 Å². The molecule has 0 heterocycles. The van der Waals surface area contributed by atoms with Gasteiger partial charge in [0.05, 0.1) is 0 Å². The van der Waals surface area contributed by atoms with E-state index in [0.717, 1.165) is 0 Å². The molecule has 2 atom stereocenters. The highest BCUT2D eigenvalue weighted by molar-refractivity contribution is 5.72. The topological polar surface area (TPSA) is 77.8 Å². The summed E-state index contributed by atoms with van der Waals surface area (Å²) in [5.74, 6) is -2.12. The van der Waals surface area contributed by atoms with Crippen LogP contribution in [0, 0.1) is 0 Å². The van der Waals surface area contributed by atoms with Gasteiger partial charge in [-0.3, -0.25) is 0 Å². The van der Waals surface area contributed by atoms with Gasteiger partial charge in [-0.05, 0) is 0 Å². The van der Waals surface area contributed by atoms with Crippen LogP contribution < -0.4 is 0 Å². The molecule has 0 aromatic rings. The first-order valence-corrected chi connectivity index (χ1v) is 2.42. The van der Waals surface area contributed by atoms with Crippen LogP contribution in [0.4, 0.5) is 13.2 Å². The van der Waals surface area contributed by atoms with Crippen LogP contribution in [0.1, 0.15) is 0 Å². The van der Waals surface area contributed by atoms with Gasteiger partial charge in [-0.1, -0.05) is 0 Å². The van der Waals surface area contributed by atoms with Gasteiger partial charge in [-0.2, -0.15) is 13.2 Å². The number of carbonyl (C=O) groups is 1. The molecule has 0 aromatic heterocycles. The molecule has 0 aliphatic rings. The van der Waals surface area contributed by atoms with Crippen molar-refractivity contribution >= 4 is 5.97 Å². The van der Waals surface area contributed by atoms with Crippen LogP contribution in [0.5, 0.6) is 0 Å². The summed E-state index contributed by atoms with van der Waals surface area (Å²) in [4.78, 5) is 9.68. The molecule has 0 spiro atoms. The normalized spacial score (nSPS) is 17.5. The Morgan fingerprint density at radius 3 is 1.73 bits per heavy atom. The van der Waals surface area contributed by atoms with Gasteiger partial charge in [0.15, 0.2) is 12.2 Å². The van der Waals surface area contributed by atoms with E-state index in [1.807, 2.05) is 0 Å². The van der Waals surface area contributed by atoms with Crippen molar-refractivity contribution in [1.82, 2.24) is 0 Å². The highest BCUT2D eigenvalue weighted by Gasteiger charge is 2.45. The van der Waals surface area contributed by atoms with E-state index in [-0.39, 0.29) is 0 Å². The van der Waals surface area contributed by atoms with Crippen LogP contribution >= 0.6 is 0 Å². The molecule has 0 aromatic carbocycles.